The fourth-order valence-electron chi connectivity index (χ4n) is 4.63. The summed E-state index contributed by atoms with van der Waals surface area (Å²) < 4.78 is 14.9. The van der Waals surface area contributed by atoms with E-state index in [1.54, 1.807) is 18.0 Å². The van der Waals surface area contributed by atoms with Gasteiger partial charge in [-0.1, -0.05) is 85.0 Å². The van der Waals surface area contributed by atoms with Crippen LogP contribution in [0.5, 0.6) is 11.5 Å². The lowest BCUT2D eigenvalue weighted by molar-refractivity contribution is 0.226. The van der Waals surface area contributed by atoms with Crippen molar-refractivity contribution in [1.29, 1.82) is 0 Å². The molecule has 0 bridgehead atoms. The molecule has 0 saturated heterocycles. The maximum atomic E-state index is 13.5. The maximum absolute atomic E-state index is 13.5. The molecular formula is C33H34IN3O3S. The van der Waals surface area contributed by atoms with Crippen LogP contribution in [0.25, 0.3) is 26.3 Å². The van der Waals surface area contributed by atoms with Crippen molar-refractivity contribution >= 4 is 44.1 Å². The van der Waals surface area contributed by atoms with Crippen LogP contribution in [0.1, 0.15) is 36.5 Å². The Morgan fingerprint density at radius 2 is 1.71 bits per heavy atom. The Balaban J connectivity index is 1.27. The molecular weight excluding hydrogens is 645 g/mol. The lowest BCUT2D eigenvalue weighted by Crippen LogP contribution is -2.24. The minimum Gasteiger partial charge on any atom is -0.493 e. The first kappa shape index (κ1) is 29.3. The first-order chi connectivity index (χ1) is 19.9. The average molecular weight is 680 g/mol. The molecule has 0 spiro atoms. The van der Waals surface area contributed by atoms with Gasteiger partial charge in [-0.15, -0.1) is 11.3 Å². The summed E-state index contributed by atoms with van der Waals surface area (Å²) in [6.45, 7) is 6.54. The van der Waals surface area contributed by atoms with Gasteiger partial charge in [-0.25, -0.2) is 4.98 Å². The largest absolute Gasteiger partial charge is 0.493 e. The summed E-state index contributed by atoms with van der Waals surface area (Å²) in [5.74, 6) is 1.75. The number of fused-ring (bicyclic) bond motifs is 1. The number of nitrogens with zero attached hydrogens (tertiary/aromatic N) is 3. The van der Waals surface area contributed by atoms with Gasteiger partial charge in [0.25, 0.3) is 5.56 Å². The minimum atomic E-state index is -0.103. The summed E-state index contributed by atoms with van der Waals surface area (Å²) in [6.07, 6.45) is 1.58. The Morgan fingerprint density at radius 1 is 0.976 bits per heavy atom. The van der Waals surface area contributed by atoms with Gasteiger partial charge in [0.2, 0.25) is 0 Å². The van der Waals surface area contributed by atoms with Crippen LogP contribution in [0.3, 0.4) is 0 Å². The molecule has 0 saturated carbocycles. The van der Waals surface area contributed by atoms with Crippen molar-refractivity contribution in [2.75, 3.05) is 27.3 Å². The highest BCUT2D eigenvalue weighted by molar-refractivity contribution is 14.1. The molecule has 0 radical (unpaired) electrons. The quantitative estimate of drug-likeness (QED) is 0.106. The minimum absolute atomic E-state index is 0.103. The van der Waals surface area contributed by atoms with Crippen molar-refractivity contribution in [3.05, 3.63) is 106 Å². The first-order valence-corrected chi connectivity index (χ1v) is 16.0. The lowest BCUT2D eigenvalue weighted by atomic mass is 10.0. The van der Waals surface area contributed by atoms with Gasteiger partial charge in [0, 0.05) is 28.5 Å². The SMILES string of the molecule is COc1cc(-n2cnc3cc(-c4ccc(CI)cc4)sc3c2=O)ccc1OCCN(C)Cc1ccc(C(C)C)cc1. The number of benzene rings is 3. The molecule has 0 atom stereocenters. The number of methoxy groups -OCH3 is 1. The average Bonchev–Trinajstić information content (AvgIpc) is 3.43. The predicted octanol–water partition coefficient (Wildman–Crippen LogP) is 7.69. The fourth-order valence-corrected chi connectivity index (χ4v) is 6.19. The van der Waals surface area contributed by atoms with Crippen LogP contribution < -0.4 is 15.0 Å². The van der Waals surface area contributed by atoms with E-state index in [-0.39, 0.29) is 5.56 Å². The molecule has 0 amide bonds. The van der Waals surface area contributed by atoms with E-state index in [1.807, 2.05) is 24.3 Å². The first-order valence-electron chi connectivity index (χ1n) is 13.6. The van der Waals surface area contributed by atoms with Crippen molar-refractivity contribution in [3.8, 4) is 27.6 Å². The van der Waals surface area contributed by atoms with Crippen LogP contribution in [-0.2, 0) is 11.0 Å². The molecule has 6 nitrogen and oxygen atoms in total. The topological polar surface area (TPSA) is 56.6 Å². The molecule has 5 rings (SSSR count). The third-order valence-corrected chi connectivity index (χ3v) is 9.13. The summed E-state index contributed by atoms with van der Waals surface area (Å²) in [6, 6.07) is 24.8. The second-order valence-corrected chi connectivity index (χ2v) is 12.2. The van der Waals surface area contributed by atoms with Crippen molar-refractivity contribution in [3.63, 3.8) is 0 Å². The standard InChI is InChI=1S/C33H34IN3O3S/c1-22(2)25-9-7-24(8-10-25)20-36(3)15-16-40-29-14-13-27(17-30(29)39-4)37-21-35-28-18-31(41-32(28)33(37)38)26-11-5-23(19-34)6-12-26/h5-14,17-18,21-22H,15-16,19-20H2,1-4H3. The second kappa shape index (κ2) is 13.2. The number of alkyl halides is 1. The summed E-state index contributed by atoms with van der Waals surface area (Å²) in [5.41, 5.74) is 6.27. The van der Waals surface area contributed by atoms with Gasteiger partial charge in [-0.2, -0.15) is 0 Å². The van der Waals surface area contributed by atoms with Crippen molar-refractivity contribution in [1.82, 2.24) is 14.5 Å². The highest BCUT2D eigenvalue weighted by Gasteiger charge is 2.14. The van der Waals surface area contributed by atoms with Gasteiger partial charge < -0.3 is 9.47 Å². The number of ether oxygens (including phenoxy) is 2. The van der Waals surface area contributed by atoms with Crippen LogP contribution >= 0.6 is 33.9 Å². The van der Waals surface area contributed by atoms with E-state index in [2.05, 4.69) is 102 Å². The van der Waals surface area contributed by atoms with Gasteiger partial charge in [0.05, 0.1) is 18.3 Å². The molecule has 5 aromatic rings. The van der Waals surface area contributed by atoms with E-state index in [1.165, 1.54) is 28.0 Å². The van der Waals surface area contributed by atoms with Crippen LogP contribution in [-0.4, -0.2) is 41.8 Å². The van der Waals surface area contributed by atoms with Gasteiger partial charge >= 0.3 is 0 Å². The molecule has 3 aromatic carbocycles. The van der Waals surface area contributed by atoms with Crippen LogP contribution in [0.2, 0.25) is 0 Å². The zero-order valence-corrected chi connectivity index (χ0v) is 26.7. The van der Waals surface area contributed by atoms with Crippen molar-refractivity contribution in [2.24, 2.45) is 0 Å². The van der Waals surface area contributed by atoms with E-state index >= 15 is 0 Å². The molecule has 0 aliphatic rings. The molecule has 0 N–H and O–H groups in total. The maximum Gasteiger partial charge on any atom is 0.275 e. The van der Waals surface area contributed by atoms with Crippen LogP contribution in [0.15, 0.2) is 83.9 Å². The molecule has 2 aromatic heterocycles. The molecule has 41 heavy (non-hydrogen) atoms. The normalized spacial score (nSPS) is 11.5. The fraction of sp³-hybridized carbons (Fsp3) is 0.273. The van der Waals surface area contributed by atoms with Gasteiger partial charge in [-0.3, -0.25) is 14.3 Å². The molecule has 0 fully saturated rings. The van der Waals surface area contributed by atoms with Crippen molar-refractivity contribution in [2.45, 2.75) is 30.7 Å². The summed E-state index contributed by atoms with van der Waals surface area (Å²) in [4.78, 5) is 21.3. The third-order valence-electron chi connectivity index (χ3n) is 7.09. The lowest BCUT2D eigenvalue weighted by Gasteiger charge is -2.18. The second-order valence-electron chi connectivity index (χ2n) is 10.4. The molecule has 0 aliphatic heterocycles. The summed E-state index contributed by atoms with van der Waals surface area (Å²) >= 11 is 3.83. The Labute approximate surface area is 258 Å². The zero-order valence-electron chi connectivity index (χ0n) is 23.8. The Kier molecular flexibility index (Phi) is 9.42. The Morgan fingerprint density at radius 3 is 2.39 bits per heavy atom. The Hall–Kier alpha value is -3.21. The van der Waals surface area contributed by atoms with Gasteiger partial charge in [0.1, 0.15) is 17.6 Å². The number of hydrogen-bond donors (Lipinski definition) is 0. The molecule has 0 aliphatic carbocycles. The summed E-state index contributed by atoms with van der Waals surface area (Å²) in [7, 11) is 3.70. The number of likely N-dealkylation sites (N-methyl/N-ethyl adjacent to an activating group) is 1. The van der Waals surface area contributed by atoms with Crippen LogP contribution in [0, 0.1) is 0 Å². The molecule has 0 unspecified atom stereocenters. The molecule has 2 heterocycles. The van der Waals surface area contributed by atoms with E-state index in [0.717, 1.165) is 28.0 Å². The number of aromatic nitrogens is 2. The Bertz CT molecular complexity index is 1680. The van der Waals surface area contributed by atoms with Crippen LogP contribution in [0.4, 0.5) is 0 Å². The van der Waals surface area contributed by atoms with Gasteiger partial charge in [0.15, 0.2) is 11.5 Å². The van der Waals surface area contributed by atoms with Crippen molar-refractivity contribution < 1.29 is 9.47 Å². The monoisotopic (exact) mass is 679 g/mol. The van der Waals surface area contributed by atoms with E-state index in [0.29, 0.717) is 39.9 Å². The van der Waals surface area contributed by atoms with E-state index < -0.39 is 0 Å². The smallest absolute Gasteiger partial charge is 0.275 e. The zero-order chi connectivity index (χ0) is 28.9. The molecule has 8 heteroatoms. The molecule has 212 valence electrons. The third kappa shape index (κ3) is 6.82. The highest BCUT2D eigenvalue weighted by Crippen LogP contribution is 2.33. The van der Waals surface area contributed by atoms with Gasteiger partial charge in [-0.05, 0) is 53.4 Å². The highest BCUT2D eigenvalue weighted by atomic mass is 127. The van der Waals surface area contributed by atoms with E-state index in [4.69, 9.17) is 9.47 Å². The predicted molar refractivity (Wildman–Crippen MR) is 177 cm³/mol. The number of halogens is 1. The number of rotatable bonds is 11. The number of hydrogen-bond acceptors (Lipinski definition) is 6. The number of thiophene rings is 1. The van der Waals surface area contributed by atoms with E-state index in [9.17, 15) is 4.79 Å². The summed E-state index contributed by atoms with van der Waals surface area (Å²) in [5, 5.41) is 0.